The average molecular weight is 353 g/mol. The highest BCUT2D eigenvalue weighted by atomic mass is 16.5. The third-order valence-corrected chi connectivity index (χ3v) is 4.61. The Kier molecular flexibility index (Phi) is 6.67. The lowest BCUT2D eigenvalue weighted by Gasteiger charge is -2.26. The largest absolute Gasteiger partial charge is 0.494 e. The topological polar surface area (TPSA) is 38.8 Å². The fourth-order valence-electron chi connectivity index (χ4n) is 3.25. The predicted molar refractivity (Wildman–Crippen MR) is 102 cm³/mol. The molecular weight excluding hydrogens is 326 g/mol. The van der Waals surface area contributed by atoms with Crippen molar-refractivity contribution in [3.8, 4) is 5.75 Å². The number of carbonyl (C=O) groups is 1. The van der Waals surface area contributed by atoms with Crippen LogP contribution in [0.4, 0.5) is 0 Å². The minimum Gasteiger partial charge on any atom is -0.494 e. The van der Waals surface area contributed by atoms with Gasteiger partial charge in [-0.05, 0) is 43.0 Å². The molecule has 1 unspecified atom stereocenters. The van der Waals surface area contributed by atoms with Crippen molar-refractivity contribution in [2.45, 2.75) is 38.8 Å². The summed E-state index contributed by atoms with van der Waals surface area (Å²) in [6.07, 6.45) is 2.66. The molecule has 0 aliphatic carbocycles. The average Bonchev–Trinajstić information content (AvgIpc) is 3.17. The molecule has 3 rings (SSSR count). The first-order valence-corrected chi connectivity index (χ1v) is 9.39. The molecule has 0 radical (unpaired) electrons. The van der Waals surface area contributed by atoms with E-state index in [1.165, 1.54) is 0 Å². The normalized spacial score (nSPS) is 16.4. The van der Waals surface area contributed by atoms with Gasteiger partial charge in [0, 0.05) is 19.7 Å². The van der Waals surface area contributed by atoms with Crippen LogP contribution < -0.4 is 4.74 Å². The quantitative estimate of drug-likeness (QED) is 0.724. The fourth-order valence-corrected chi connectivity index (χ4v) is 3.25. The van der Waals surface area contributed by atoms with E-state index in [-0.39, 0.29) is 12.0 Å². The summed E-state index contributed by atoms with van der Waals surface area (Å²) in [5, 5.41) is 0. The van der Waals surface area contributed by atoms with E-state index in [9.17, 15) is 4.79 Å². The minimum absolute atomic E-state index is 0.133. The smallest absolute Gasteiger partial charge is 0.227 e. The Morgan fingerprint density at radius 2 is 1.88 bits per heavy atom. The third-order valence-electron chi connectivity index (χ3n) is 4.61. The zero-order valence-corrected chi connectivity index (χ0v) is 15.4. The molecule has 2 aromatic carbocycles. The number of hydrogen-bond acceptors (Lipinski definition) is 3. The third kappa shape index (κ3) is 5.33. The summed E-state index contributed by atoms with van der Waals surface area (Å²) < 4.78 is 11.2. The van der Waals surface area contributed by atoms with Gasteiger partial charge in [0.05, 0.1) is 19.1 Å². The lowest BCUT2D eigenvalue weighted by Crippen LogP contribution is -2.37. The summed E-state index contributed by atoms with van der Waals surface area (Å²) in [5.74, 6) is 0.970. The van der Waals surface area contributed by atoms with Gasteiger partial charge in [0.2, 0.25) is 5.91 Å². The van der Waals surface area contributed by atoms with Crippen LogP contribution in [0.2, 0.25) is 0 Å². The summed E-state index contributed by atoms with van der Waals surface area (Å²) in [6, 6.07) is 17.9. The monoisotopic (exact) mass is 353 g/mol. The summed E-state index contributed by atoms with van der Waals surface area (Å²) in [5.41, 5.74) is 2.15. The molecule has 0 N–H and O–H groups in total. The molecule has 0 saturated carbocycles. The molecule has 138 valence electrons. The Labute approximate surface area is 155 Å². The van der Waals surface area contributed by atoms with Crippen LogP contribution in [0.25, 0.3) is 0 Å². The van der Waals surface area contributed by atoms with Gasteiger partial charge >= 0.3 is 0 Å². The zero-order valence-electron chi connectivity index (χ0n) is 15.4. The molecule has 1 heterocycles. The lowest BCUT2D eigenvalue weighted by atomic mass is 10.1. The molecular formula is C22H27NO3. The molecule has 4 nitrogen and oxygen atoms in total. The van der Waals surface area contributed by atoms with Crippen molar-refractivity contribution < 1.29 is 14.3 Å². The zero-order chi connectivity index (χ0) is 18.2. The number of hydrogen-bond donors (Lipinski definition) is 0. The minimum atomic E-state index is 0.133. The van der Waals surface area contributed by atoms with Gasteiger partial charge in [0.15, 0.2) is 0 Å². The van der Waals surface area contributed by atoms with Crippen LogP contribution in [0.5, 0.6) is 5.75 Å². The Hall–Kier alpha value is -2.33. The molecule has 26 heavy (non-hydrogen) atoms. The van der Waals surface area contributed by atoms with E-state index in [4.69, 9.17) is 9.47 Å². The van der Waals surface area contributed by atoms with Gasteiger partial charge in [-0.2, -0.15) is 0 Å². The number of nitrogens with zero attached hydrogens (tertiary/aromatic N) is 1. The van der Waals surface area contributed by atoms with Gasteiger partial charge in [0.1, 0.15) is 5.75 Å². The number of benzene rings is 2. The maximum absolute atomic E-state index is 13.0. The van der Waals surface area contributed by atoms with Gasteiger partial charge in [-0.25, -0.2) is 0 Å². The Morgan fingerprint density at radius 1 is 1.12 bits per heavy atom. The number of rotatable bonds is 8. The van der Waals surface area contributed by atoms with Gasteiger partial charge in [0.25, 0.3) is 0 Å². The van der Waals surface area contributed by atoms with E-state index < -0.39 is 0 Å². The van der Waals surface area contributed by atoms with Crippen LogP contribution in [0.15, 0.2) is 54.6 Å². The molecule has 2 aromatic rings. The first kappa shape index (κ1) is 18.5. The molecule has 1 amide bonds. The molecule has 4 heteroatoms. The highest BCUT2D eigenvalue weighted by Gasteiger charge is 2.23. The summed E-state index contributed by atoms with van der Waals surface area (Å²) >= 11 is 0. The predicted octanol–water partition coefficient (Wildman–Crippen LogP) is 3.84. The highest BCUT2D eigenvalue weighted by Crippen LogP contribution is 2.17. The molecule has 1 aliphatic heterocycles. The van der Waals surface area contributed by atoms with E-state index in [1.807, 2.05) is 54.3 Å². The molecule has 1 atom stereocenters. The standard InChI is InChI=1S/C22H27NO3/c1-2-25-20-12-10-18(11-13-20)15-22(24)23(17-21-9-6-14-26-21)16-19-7-4-3-5-8-19/h3-5,7-8,10-13,21H,2,6,9,14-17H2,1H3. The Morgan fingerprint density at radius 3 is 2.54 bits per heavy atom. The Balaban J connectivity index is 1.66. The highest BCUT2D eigenvalue weighted by molar-refractivity contribution is 5.78. The van der Waals surface area contributed by atoms with Crippen LogP contribution in [0.3, 0.4) is 0 Å². The SMILES string of the molecule is CCOc1ccc(CC(=O)N(Cc2ccccc2)CC2CCCO2)cc1. The van der Waals surface area contributed by atoms with Crippen LogP contribution in [0.1, 0.15) is 30.9 Å². The maximum Gasteiger partial charge on any atom is 0.227 e. The van der Waals surface area contributed by atoms with Crippen molar-refractivity contribution in [2.24, 2.45) is 0 Å². The Bertz CT molecular complexity index is 678. The second-order valence-electron chi connectivity index (χ2n) is 6.65. The van der Waals surface area contributed by atoms with E-state index >= 15 is 0 Å². The van der Waals surface area contributed by atoms with Gasteiger partial charge in [-0.15, -0.1) is 0 Å². The van der Waals surface area contributed by atoms with E-state index in [0.717, 1.165) is 36.3 Å². The van der Waals surface area contributed by atoms with Crippen molar-refractivity contribution in [2.75, 3.05) is 19.8 Å². The second-order valence-corrected chi connectivity index (χ2v) is 6.65. The van der Waals surface area contributed by atoms with Crippen molar-refractivity contribution in [1.82, 2.24) is 4.90 Å². The van der Waals surface area contributed by atoms with E-state index in [2.05, 4.69) is 12.1 Å². The molecule has 0 spiro atoms. The van der Waals surface area contributed by atoms with Crippen LogP contribution in [0, 0.1) is 0 Å². The first-order valence-electron chi connectivity index (χ1n) is 9.39. The maximum atomic E-state index is 13.0. The molecule has 1 fully saturated rings. The number of ether oxygens (including phenoxy) is 2. The second kappa shape index (κ2) is 9.39. The van der Waals surface area contributed by atoms with E-state index in [1.54, 1.807) is 0 Å². The molecule has 0 bridgehead atoms. The summed E-state index contributed by atoms with van der Waals surface area (Å²) in [4.78, 5) is 14.9. The first-order chi connectivity index (χ1) is 12.7. The van der Waals surface area contributed by atoms with Crippen molar-refractivity contribution in [3.63, 3.8) is 0 Å². The summed E-state index contributed by atoms with van der Waals surface area (Å²) in [6.45, 7) is 4.69. The van der Waals surface area contributed by atoms with Crippen molar-refractivity contribution in [1.29, 1.82) is 0 Å². The van der Waals surface area contributed by atoms with Gasteiger partial charge < -0.3 is 14.4 Å². The molecule has 1 saturated heterocycles. The van der Waals surface area contributed by atoms with Crippen LogP contribution >= 0.6 is 0 Å². The number of carbonyl (C=O) groups excluding carboxylic acids is 1. The summed E-state index contributed by atoms with van der Waals surface area (Å²) in [7, 11) is 0. The van der Waals surface area contributed by atoms with Crippen LogP contribution in [-0.4, -0.2) is 36.7 Å². The molecule has 1 aliphatic rings. The molecule has 0 aromatic heterocycles. The van der Waals surface area contributed by atoms with Crippen molar-refractivity contribution >= 4 is 5.91 Å². The lowest BCUT2D eigenvalue weighted by molar-refractivity contribution is -0.132. The van der Waals surface area contributed by atoms with E-state index in [0.29, 0.717) is 26.1 Å². The van der Waals surface area contributed by atoms with Gasteiger partial charge in [-0.3, -0.25) is 4.79 Å². The fraction of sp³-hybridized carbons (Fsp3) is 0.409. The van der Waals surface area contributed by atoms with Gasteiger partial charge in [-0.1, -0.05) is 42.5 Å². The number of amides is 1. The van der Waals surface area contributed by atoms with Crippen LogP contribution in [-0.2, 0) is 22.5 Å². The van der Waals surface area contributed by atoms with Crippen molar-refractivity contribution in [3.05, 3.63) is 65.7 Å².